The highest BCUT2D eigenvalue weighted by atomic mass is 16.5. The average molecular weight is 520 g/mol. The minimum atomic E-state index is -1.45. The van der Waals surface area contributed by atoms with Crippen molar-refractivity contribution in [3.63, 3.8) is 0 Å². The van der Waals surface area contributed by atoms with Gasteiger partial charge in [0.15, 0.2) is 17.7 Å². The summed E-state index contributed by atoms with van der Waals surface area (Å²) in [6.45, 7) is 3.14. The van der Waals surface area contributed by atoms with Crippen LogP contribution < -0.4 is 4.74 Å². The number of hydrogen-bond donors (Lipinski definition) is 2. The number of aliphatic hydroxyl groups is 1. The molecule has 1 aliphatic heterocycles. The summed E-state index contributed by atoms with van der Waals surface area (Å²) in [6, 6.07) is 8.86. The van der Waals surface area contributed by atoms with Crippen LogP contribution in [0.5, 0.6) is 5.75 Å². The number of carbonyl (C=O) groups is 2. The molecule has 198 valence electrons. The molecule has 0 saturated carbocycles. The van der Waals surface area contributed by atoms with Gasteiger partial charge in [-0.3, -0.25) is 9.59 Å². The van der Waals surface area contributed by atoms with Crippen LogP contribution in [-0.4, -0.2) is 91.3 Å². The molecule has 1 fully saturated rings. The monoisotopic (exact) mass is 519 g/mol. The van der Waals surface area contributed by atoms with Gasteiger partial charge in [0, 0.05) is 50.1 Å². The van der Waals surface area contributed by atoms with Crippen molar-refractivity contribution in [2.75, 3.05) is 33.9 Å². The lowest BCUT2D eigenvalue weighted by atomic mass is 10.1. The molecule has 0 spiro atoms. The Balaban J connectivity index is 1.38. The maximum absolute atomic E-state index is 13.4. The fourth-order valence-corrected chi connectivity index (χ4v) is 4.78. The summed E-state index contributed by atoms with van der Waals surface area (Å²) in [5, 5.41) is 16.1. The highest BCUT2D eigenvalue weighted by Gasteiger charge is 2.34. The second kappa shape index (κ2) is 10.6. The van der Waals surface area contributed by atoms with E-state index in [0.29, 0.717) is 59.1 Å². The van der Waals surface area contributed by atoms with Gasteiger partial charge >= 0.3 is 0 Å². The fraction of sp³-hybridized carbons (Fsp3) is 0.346. The van der Waals surface area contributed by atoms with Gasteiger partial charge in [-0.05, 0) is 19.1 Å². The number of fused-ring (bicyclic) bond motifs is 1. The standard InChI is InChI=1S/C26H29N7O5/c1-16-13-31(9-10-32(16)25(35)17-7-5-4-6-8-17)26(36)23(34)18-11-27-22-21(18)19(38-3)12-28-24(22)33-15-29-20(30-33)14-37-2/h4-8,11-12,15-16,23,27,34H,9-10,13-14H2,1-3H3/t16-,23?/m1/s1. The quantitative estimate of drug-likeness (QED) is 0.376. The number of H-pyrrole nitrogens is 1. The average Bonchev–Trinajstić information content (AvgIpc) is 3.60. The molecule has 1 aliphatic rings. The predicted molar refractivity (Wildman–Crippen MR) is 137 cm³/mol. The van der Waals surface area contributed by atoms with Crippen LogP contribution in [0.2, 0.25) is 0 Å². The van der Waals surface area contributed by atoms with E-state index in [1.54, 1.807) is 35.2 Å². The minimum Gasteiger partial charge on any atom is -0.494 e. The maximum Gasteiger partial charge on any atom is 0.256 e. The Morgan fingerprint density at radius 3 is 2.68 bits per heavy atom. The molecule has 0 aliphatic carbocycles. The van der Waals surface area contributed by atoms with Crippen LogP contribution in [0.15, 0.2) is 49.1 Å². The Bertz CT molecular complexity index is 1450. The number of amides is 2. The molecule has 12 nitrogen and oxygen atoms in total. The zero-order valence-corrected chi connectivity index (χ0v) is 21.4. The molecule has 5 rings (SSSR count). The SMILES string of the molecule is COCc1ncn(-c2ncc(OC)c3c(C(O)C(=O)N4CCN(C(=O)c5ccccc5)[C@H](C)C4)c[nH]c23)n1. The third-order valence-corrected chi connectivity index (χ3v) is 6.68. The molecule has 4 aromatic rings. The van der Waals surface area contributed by atoms with E-state index in [0.717, 1.165) is 0 Å². The lowest BCUT2D eigenvalue weighted by Gasteiger charge is -2.40. The van der Waals surface area contributed by atoms with Gasteiger partial charge in [0.1, 0.15) is 18.7 Å². The number of methoxy groups -OCH3 is 2. The molecule has 2 N–H and O–H groups in total. The van der Waals surface area contributed by atoms with Crippen molar-refractivity contribution < 1.29 is 24.2 Å². The number of nitrogens with one attached hydrogen (secondary N) is 1. The molecule has 2 amide bonds. The zero-order chi connectivity index (χ0) is 26.8. The number of ether oxygens (including phenoxy) is 2. The molecular weight excluding hydrogens is 490 g/mol. The van der Waals surface area contributed by atoms with Crippen molar-refractivity contribution >= 4 is 22.7 Å². The van der Waals surface area contributed by atoms with Crippen molar-refractivity contribution in [3.05, 3.63) is 66.0 Å². The van der Waals surface area contributed by atoms with Gasteiger partial charge in [-0.15, -0.1) is 5.10 Å². The molecule has 0 bridgehead atoms. The first-order chi connectivity index (χ1) is 18.4. The summed E-state index contributed by atoms with van der Waals surface area (Å²) in [5.74, 6) is 0.792. The summed E-state index contributed by atoms with van der Waals surface area (Å²) in [7, 11) is 3.06. The molecule has 1 unspecified atom stereocenters. The Morgan fingerprint density at radius 1 is 1.18 bits per heavy atom. The lowest BCUT2D eigenvalue weighted by molar-refractivity contribution is -0.143. The number of aliphatic hydroxyl groups excluding tert-OH is 1. The molecule has 38 heavy (non-hydrogen) atoms. The Hall–Kier alpha value is -4.29. The number of piperazine rings is 1. The first-order valence-electron chi connectivity index (χ1n) is 12.2. The van der Waals surface area contributed by atoms with E-state index in [2.05, 4.69) is 20.1 Å². The lowest BCUT2D eigenvalue weighted by Crippen LogP contribution is -2.56. The van der Waals surface area contributed by atoms with E-state index in [-0.39, 0.29) is 18.6 Å². The molecule has 12 heteroatoms. The first kappa shape index (κ1) is 25.4. The fourth-order valence-electron chi connectivity index (χ4n) is 4.78. The number of carbonyl (C=O) groups excluding carboxylic acids is 2. The minimum absolute atomic E-state index is 0.0751. The number of benzene rings is 1. The van der Waals surface area contributed by atoms with Crippen molar-refractivity contribution in [1.29, 1.82) is 0 Å². The number of aromatic nitrogens is 5. The largest absolute Gasteiger partial charge is 0.494 e. The van der Waals surface area contributed by atoms with E-state index in [1.165, 1.54) is 24.3 Å². The van der Waals surface area contributed by atoms with Gasteiger partial charge in [-0.1, -0.05) is 18.2 Å². The van der Waals surface area contributed by atoms with E-state index >= 15 is 0 Å². The highest BCUT2D eigenvalue weighted by molar-refractivity contribution is 5.98. The predicted octanol–water partition coefficient (Wildman–Crippen LogP) is 1.71. The third kappa shape index (κ3) is 4.59. The number of rotatable bonds is 7. The van der Waals surface area contributed by atoms with Crippen LogP contribution >= 0.6 is 0 Å². The van der Waals surface area contributed by atoms with Gasteiger partial charge < -0.3 is 29.4 Å². The summed E-state index contributed by atoms with van der Waals surface area (Å²) in [4.78, 5) is 41.5. The number of pyridine rings is 1. The Labute approximate surface area is 218 Å². The second-order valence-corrected chi connectivity index (χ2v) is 9.08. The van der Waals surface area contributed by atoms with E-state index in [9.17, 15) is 14.7 Å². The number of hydrogen-bond acceptors (Lipinski definition) is 8. The summed E-state index contributed by atoms with van der Waals surface area (Å²) in [6.07, 6.45) is 3.16. The van der Waals surface area contributed by atoms with Crippen LogP contribution in [0.25, 0.3) is 16.7 Å². The summed E-state index contributed by atoms with van der Waals surface area (Å²) >= 11 is 0. The van der Waals surface area contributed by atoms with Crippen molar-refractivity contribution in [2.45, 2.75) is 25.7 Å². The molecule has 0 radical (unpaired) electrons. The van der Waals surface area contributed by atoms with Crippen molar-refractivity contribution in [3.8, 4) is 11.6 Å². The van der Waals surface area contributed by atoms with E-state index < -0.39 is 12.0 Å². The summed E-state index contributed by atoms with van der Waals surface area (Å²) in [5.41, 5.74) is 1.50. The molecular formula is C26H29N7O5. The van der Waals surface area contributed by atoms with Crippen molar-refractivity contribution in [1.82, 2.24) is 34.5 Å². The normalized spacial score (nSPS) is 16.6. The topological polar surface area (TPSA) is 139 Å². The zero-order valence-electron chi connectivity index (χ0n) is 21.4. The van der Waals surface area contributed by atoms with Gasteiger partial charge in [0.25, 0.3) is 11.8 Å². The number of nitrogens with zero attached hydrogens (tertiary/aromatic N) is 6. The van der Waals surface area contributed by atoms with Gasteiger partial charge in [-0.2, -0.15) is 0 Å². The van der Waals surface area contributed by atoms with Gasteiger partial charge in [-0.25, -0.2) is 14.6 Å². The Morgan fingerprint density at radius 2 is 1.97 bits per heavy atom. The van der Waals surface area contributed by atoms with Crippen LogP contribution in [0.1, 0.15) is 34.8 Å². The van der Waals surface area contributed by atoms with Crippen LogP contribution in [-0.2, 0) is 16.1 Å². The van der Waals surface area contributed by atoms with Crippen LogP contribution in [0.3, 0.4) is 0 Å². The third-order valence-electron chi connectivity index (χ3n) is 6.68. The molecule has 2 atom stereocenters. The van der Waals surface area contributed by atoms with Crippen LogP contribution in [0.4, 0.5) is 0 Å². The maximum atomic E-state index is 13.4. The van der Waals surface area contributed by atoms with Crippen molar-refractivity contribution in [2.24, 2.45) is 0 Å². The second-order valence-electron chi connectivity index (χ2n) is 9.08. The molecule has 4 heterocycles. The van der Waals surface area contributed by atoms with E-state index in [1.807, 2.05) is 25.1 Å². The number of aromatic amines is 1. The van der Waals surface area contributed by atoms with Crippen LogP contribution in [0, 0.1) is 0 Å². The molecule has 1 saturated heterocycles. The van der Waals surface area contributed by atoms with Gasteiger partial charge in [0.05, 0.1) is 24.2 Å². The summed E-state index contributed by atoms with van der Waals surface area (Å²) < 4.78 is 12.1. The first-order valence-corrected chi connectivity index (χ1v) is 12.2. The molecule has 3 aromatic heterocycles. The Kier molecular flexibility index (Phi) is 7.07. The molecule has 1 aromatic carbocycles. The van der Waals surface area contributed by atoms with Gasteiger partial charge in [0.2, 0.25) is 0 Å². The van der Waals surface area contributed by atoms with E-state index in [4.69, 9.17) is 9.47 Å². The highest BCUT2D eigenvalue weighted by Crippen LogP contribution is 2.35. The smallest absolute Gasteiger partial charge is 0.256 e.